The molecule has 0 aliphatic heterocycles. The van der Waals surface area contributed by atoms with Crippen LogP contribution in [-0.4, -0.2) is 45.3 Å². The summed E-state index contributed by atoms with van der Waals surface area (Å²) in [6.07, 6.45) is 3.54. The summed E-state index contributed by atoms with van der Waals surface area (Å²) < 4.78 is 0. The second-order valence-electron chi connectivity index (χ2n) is 7.10. The van der Waals surface area contributed by atoms with E-state index in [-0.39, 0.29) is 17.9 Å². The van der Waals surface area contributed by atoms with Crippen LogP contribution < -0.4 is 0 Å². The number of aliphatic hydroxyl groups excluding tert-OH is 3. The summed E-state index contributed by atoms with van der Waals surface area (Å²) in [6, 6.07) is 0. The topological polar surface area (TPSA) is 80.9 Å². The quantitative estimate of drug-likeness (QED) is 0.560. The SMILES string of the molecule is CC1(C)CCCC2(C)C1C(O)C=C(CO)C2(O)CO. The summed E-state index contributed by atoms with van der Waals surface area (Å²) in [6.45, 7) is 5.38. The summed E-state index contributed by atoms with van der Waals surface area (Å²) in [4.78, 5) is 0. The lowest BCUT2D eigenvalue weighted by Crippen LogP contribution is -2.64. The standard InChI is InChI=1S/C15H26O4/c1-13(2)5-4-6-14(3)12(13)11(18)7-10(8-16)15(14,19)9-17/h7,11-12,16-19H,4-6,8-9H2,1-3H3. The van der Waals surface area contributed by atoms with Gasteiger partial charge in [0.05, 0.1) is 19.3 Å². The van der Waals surface area contributed by atoms with Gasteiger partial charge in [-0.1, -0.05) is 33.3 Å². The molecule has 0 aromatic carbocycles. The van der Waals surface area contributed by atoms with Gasteiger partial charge in [0.1, 0.15) is 5.60 Å². The van der Waals surface area contributed by atoms with Crippen LogP contribution in [0.5, 0.6) is 0 Å². The number of hydrogen-bond acceptors (Lipinski definition) is 4. The summed E-state index contributed by atoms with van der Waals surface area (Å²) in [7, 11) is 0. The van der Waals surface area contributed by atoms with Crippen molar-refractivity contribution in [1.29, 1.82) is 0 Å². The fourth-order valence-electron chi connectivity index (χ4n) is 4.66. The van der Waals surface area contributed by atoms with Gasteiger partial charge in [-0.2, -0.15) is 0 Å². The first-order valence-electron chi connectivity index (χ1n) is 7.06. The molecule has 0 spiro atoms. The van der Waals surface area contributed by atoms with Gasteiger partial charge >= 0.3 is 0 Å². The van der Waals surface area contributed by atoms with Gasteiger partial charge in [0.25, 0.3) is 0 Å². The van der Waals surface area contributed by atoms with E-state index in [4.69, 9.17) is 0 Å². The van der Waals surface area contributed by atoms with Gasteiger partial charge in [0.15, 0.2) is 0 Å². The number of aliphatic hydroxyl groups is 4. The van der Waals surface area contributed by atoms with Crippen LogP contribution in [0.3, 0.4) is 0 Å². The molecule has 19 heavy (non-hydrogen) atoms. The smallest absolute Gasteiger partial charge is 0.117 e. The molecule has 0 heterocycles. The highest BCUT2D eigenvalue weighted by Gasteiger charge is 2.62. The molecule has 4 atom stereocenters. The van der Waals surface area contributed by atoms with Crippen molar-refractivity contribution in [2.45, 2.75) is 51.7 Å². The first-order valence-corrected chi connectivity index (χ1v) is 7.06. The van der Waals surface area contributed by atoms with Crippen LogP contribution in [-0.2, 0) is 0 Å². The Hall–Kier alpha value is -0.420. The van der Waals surface area contributed by atoms with E-state index >= 15 is 0 Å². The van der Waals surface area contributed by atoms with Crippen molar-refractivity contribution in [1.82, 2.24) is 0 Å². The normalized spacial score (nSPS) is 45.5. The van der Waals surface area contributed by atoms with Gasteiger partial charge in [0.2, 0.25) is 0 Å². The van der Waals surface area contributed by atoms with Gasteiger partial charge in [-0.25, -0.2) is 0 Å². The molecule has 110 valence electrons. The van der Waals surface area contributed by atoms with Crippen molar-refractivity contribution in [3.05, 3.63) is 11.6 Å². The van der Waals surface area contributed by atoms with Crippen LogP contribution in [0.15, 0.2) is 11.6 Å². The fourth-order valence-corrected chi connectivity index (χ4v) is 4.66. The van der Waals surface area contributed by atoms with Gasteiger partial charge in [0, 0.05) is 11.3 Å². The van der Waals surface area contributed by atoms with Crippen LogP contribution >= 0.6 is 0 Å². The third kappa shape index (κ3) is 1.88. The van der Waals surface area contributed by atoms with E-state index in [0.29, 0.717) is 5.57 Å². The number of rotatable bonds is 2. The van der Waals surface area contributed by atoms with E-state index in [1.807, 2.05) is 6.92 Å². The van der Waals surface area contributed by atoms with E-state index in [2.05, 4.69) is 13.8 Å². The van der Waals surface area contributed by atoms with Crippen molar-refractivity contribution >= 4 is 0 Å². The molecular formula is C15H26O4. The predicted octanol–water partition coefficient (Wildman–Crippen LogP) is 0.836. The van der Waals surface area contributed by atoms with Gasteiger partial charge < -0.3 is 20.4 Å². The highest BCUT2D eigenvalue weighted by Crippen LogP contribution is 2.60. The van der Waals surface area contributed by atoms with Crippen LogP contribution in [0.1, 0.15) is 40.0 Å². The second-order valence-corrected chi connectivity index (χ2v) is 7.10. The Morgan fingerprint density at radius 2 is 1.84 bits per heavy atom. The Labute approximate surface area is 114 Å². The minimum Gasteiger partial charge on any atom is -0.393 e. The molecule has 0 radical (unpaired) electrons. The molecule has 2 rings (SSSR count). The Morgan fingerprint density at radius 1 is 1.21 bits per heavy atom. The Balaban J connectivity index is 2.59. The molecule has 1 saturated carbocycles. The molecule has 0 amide bonds. The van der Waals surface area contributed by atoms with Crippen molar-refractivity contribution in [2.24, 2.45) is 16.7 Å². The maximum Gasteiger partial charge on any atom is 0.117 e. The van der Waals surface area contributed by atoms with Crippen molar-refractivity contribution in [3.63, 3.8) is 0 Å². The van der Waals surface area contributed by atoms with E-state index in [9.17, 15) is 20.4 Å². The van der Waals surface area contributed by atoms with Crippen LogP contribution in [0.4, 0.5) is 0 Å². The zero-order chi connectivity index (χ0) is 14.5. The van der Waals surface area contributed by atoms with E-state index < -0.39 is 23.7 Å². The first kappa shape index (κ1) is 15.0. The van der Waals surface area contributed by atoms with Crippen molar-refractivity contribution in [3.8, 4) is 0 Å². The molecule has 2 aliphatic rings. The van der Waals surface area contributed by atoms with Crippen molar-refractivity contribution in [2.75, 3.05) is 13.2 Å². The molecule has 0 saturated heterocycles. The molecule has 4 N–H and O–H groups in total. The Morgan fingerprint density at radius 3 is 2.37 bits per heavy atom. The van der Waals surface area contributed by atoms with Crippen LogP contribution in [0.2, 0.25) is 0 Å². The first-order chi connectivity index (χ1) is 8.73. The highest BCUT2D eigenvalue weighted by atomic mass is 16.3. The molecule has 0 aromatic rings. The summed E-state index contributed by atoms with van der Waals surface area (Å²) >= 11 is 0. The monoisotopic (exact) mass is 270 g/mol. The Kier molecular flexibility index (Phi) is 3.59. The molecule has 0 bridgehead atoms. The van der Waals surface area contributed by atoms with Gasteiger partial charge in [-0.15, -0.1) is 0 Å². The third-order valence-electron chi connectivity index (χ3n) is 5.63. The molecule has 4 unspecified atom stereocenters. The average Bonchev–Trinajstić information content (AvgIpc) is 2.32. The maximum absolute atomic E-state index is 11.0. The molecular weight excluding hydrogens is 244 g/mol. The molecule has 0 aromatic heterocycles. The lowest BCUT2D eigenvalue weighted by Gasteiger charge is -2.61. The third-order valence-corrected chi connectivity index (χ3v) is 5.63. The lowest BCUT2D eigenvalue weighted by atomic mass is 9.46. The molecule has 4 nitrogen and oxygen atoms in total. The number of hydrogen-bond donors (Lipinski definition) is 4. The minimum atomic E-state index is -1.44. The summed E-state index contributed by atoms with van der Waals surface area (Å²) in [5.41, 5.74) is -1.81. The second kappa shape index (κ2) is 4.55. The Bertz CT molecular complexity index is 390. The largest absolute Gasteiger partial charge is 0.393 e. The lowest BCUT2D eigenvalue weighted by molar-refractivity contribution is -0.188. The fraction of sp³-hybridized carbons (Fsp3) is 0.867. The molecule has 2 aliphatic carbocycles. The van der Waals surface area contributed by atoms with E-state index in [0.717, 1.165) is 19.3 Å². The van der Waals surface area contributed by atoms with E-state index in [1.54, 1.807) is 0 Å². The minimum absolute atomic E-state index is 0.104. The van der Waals surface area contributed by atoms with Gasteiger partial charge in [-0.05, 0) is 23.8 Å². The van der Waals surface area contributed by atoms with E-state index in [1.165, 1.54) is 6.08 Å². The summed E-state index contributed by atoms with van der Waals surface area (Å²) in [5.74, 6) is -0.124. The van der Waals surface area contributed by atoms with Crippen LogP contribution in [0, 0.1) is 16.7 Å². The van der Waals surface area contributed by atoms with Crippen LogP contribution in [0.25, 0.3) is 0 Å². The average molecular weight is 270 g/mol. The predicted molar refractivity (Wildman–Crippen MR) is 72.4 cm³/mol. The van der Waals surface area contributed by atoms with Gasteiger partial charge in [-0.3, -0.25) is 0 Å². The molecule has 4 heteroatoms. The zero-order valence-electron chi connectivity index (χ0n) is 12.1. The summed E-state index contributed by atoms with van der Waals surface area (Å²) in [5, 5.41) is 40.6. The highest BCUT2D eigenvalue weighted by molar-refractivity contribution is 5.31. The van der Waals surface area contributed by atoms with Crippen molar-refractivity contribution < 1.29 is 20.4 Å². The maximum atomic E-state index is 11.0. The zero-order valence-corrected chi connectivity index (χ0v) is 12.1. The number of fused-ring (bicyclic) bond motifs is 1. The molecule has 1 fully saturated rings.